The molecule has 0 aliphatic rings. The Morgan fingerprint density at radius 3 is 1.52 bits per heavy atom. The minimum atomic E-state index is -4.25. The average Bonchev–Trinajstić information content (AvgIpc) is 2.57. The van der Waals surface area contributed by atoms with Crippen molar-refractivity contribution in [3.8, 4) is 0 Å². The quantitative estimate of drug-likeness (QED) is 0.200. The summed E-state index contributed by atoms with van der Waals surface area (Å²) in [5, 5.41) is 8.92. The molecule has 2 atom stereocenters. The Labute approximate surface area is 191 Å². The van der Waals surface area contributed by atoms with E-state index in [9.17, 15) is 18.1 Å². The molecule has 0 aliphatic heterocycles. The van der Waals surface area contributed by atoms with Crippen LogP contribution in [-0.2, 0) is 10.1 Å². The first-order valence-corrected chi connectivity index (χ1v) is 12.5. The molecule has 0 saturated carbocycles. The summed E-state index contributed by atoms with van der Waals surface area (Å²) >= 11 is 0. The Bertz CT molecular complexity index is 401. The molecule has 0 heterocycles. The van der Waals surface area contributed by atoms with Gasteiger partial charge in [-0.1, -0.05) is 97.3 Å². The smallest absolute Gasteiger partial charge is 0.748 e. The minimum absolute atomic E-state index is 0. The molecule has 0 rings (SSSR count). The van der Waals surface area contributed by atoms with Crippen molar-refractivity contribution in [2.75, 3.05) is 0 Å². The number of hydrogen-bond donors (Lipinski definition) is 1. The van der Waals surface area contributed by atoms with Gasteiger partial charge in [0.2, 0.25) is 0 Å². The molecule has 4 nitrogen and oxygen atoms in total. The number of rotatable bonds is 19. The van der Waals surface area contributed by atoms with Crippen LogP contribution in [0, 0.1) is 0 Å². The van der Waals surface area contributed by atoms with Crippen molar-refractivity contribution in [1.82, 2.24) is 0 Å². The van der Waals surface area contributed by atoms with Crippen molar-refractivity contribution in [3.05, 3.63) is 0 Å². The average molecular weight is 415 g/mol. The van der Waals surface area contributed by atoms with Gasteiger partial charge in [0, 0.05) is 5.25 Å². The standard InChI is InChI=1S/C21H44O4S.Na/c1-3-5-6-7-8-9-10-11-12-13-14-15-17-21(26(23,24)25)19-18-20(22)16-4-2;/h20-22H,3-19H2,1-2H3,(H,23,24,25);/q;+1/p-1. The van der Waals surface area contributed by atoms with Gasteiger partial charge in [-0.15, -0.1) is 0 Å². The number of aliphatic hydroxyl groups is 1. The van der Waals surface area contributed by atoms with Crippen molar-refractivity contribution in [3.63, 3.8) is 0 Å². The second kappa shape index (κ2) is 20.2. The fraction of sp³-hybridized carbons (Fsp3) is 1.00. The number of hydrogen-bond acceptors (Lipinski definition) is 4. The molecule has 0 saturated heterocycles. The molecular formula is C21H43NaO4S. The largest absolute Gasteiger partial charge is 1.00 e. The summed E-state index contributed by atoms with van der Waals surface area (Å²) in [6, 6.07) is 0. The predicted octanol–water partition coefficient (Wildman–Crippen LogP) is 2.94. The molecule has 1 N–H and O–H groups in total. The third-order valence-corrected chi connectivity index (χ3v) is 6.52. The van der Waals surface area contributed by atoms with Gasteiger partial charge in [-0.25, -0.2) is 8.42 Å². The van der Waals surface area contributed by atoms with Gasteiger partial charge in [0.15, 0.2) is 0 Å². The first kappa shape index (κ1) is 30.1. The molecular weight excluding hydrogens is 371 g/mol. The van der Waals surface area contributed by atoms with Gasteiger partial charge in [0.1, 0.15) is 0 Å². The fourth-order valence-corrected chi connectivity index (χ4v) is 4.38. The minimum Gasteiger partial charge on any atom is -0.748 e. The maximum absolute atomic E-state index is 11.4. The van der Waals surface area contributed by atoms with Gasteiger partial charge >= 0.3 is 29.6 Å². The number of unbranched alkanes of at least 4 members (excludes halogenated alkanes) is 11. The van der Waals surface area contributed by atoms with Crippen LogP contribution in [0.15, 0.2) is 0 Å². The predicted molar refractivity (Wildman–Crippen MR) is 109 cm³/mol. The van der Waals surface area contributed by atoms with Crippen LogP contribution in [0.2, 0.25) is 0 Å². The zero-order chi connectivity index (χ0) is 19.7. The summed E-state index contributed by atoms with van der Waals surface area (Å²) in [6.45, 7) is 4.22. The van der Waals surface area contributed by atoms with E-state index < -0.39 is 21.5 Å². The first-order chi connectivity index (χ1) is 12.4. The van der Waals surface area contributed by atoms with E-state index in [4.69, 9.17) is 0 Å². The molecule has 0 aromatic rings. The Kier molecular flexibility index (Phi) is 22.4. The van der Waals surface area contributed by atoms with Crippen LogP contribution in [0.25, 0.3) is 0 Å². The summed E-state index contributed by atoms with van der Waals surface area (Å²) in [5.74, 6) is 0. The molecule has 0 fully saturated rings. The third-order valence-electron chi connectivity index (χ3n) is 5.23. The molecule has 0 radical (unpaired) electrons. The number of aliphatic hydroxyl groups excluding tert-OH is 1. The second-order valence-corrected chi connectivity index (χ2v) is 9.46. The maximum Gasteiger partial charge on any atom is 1.00 e. The molecule has 0 amide bonds. The van der Waals surface area contributed by atoms with E-state index in [1.54, 1.807) is 0 Å². The van der Waals surface area contributed by atoms with E-state index >= 15 is 0 Å². The Morgan fingerprint density at radius 2 is 1.11 bits per heavy atom. The van der Waals surface area contributed by atoms with Crippen molar-refractivity contribution in [2.45, 2.75) is 134 Å². The van der Waals surface area contributed by atoms with E-state index in [0.717, 1.165) is 25.7 Å². The van der Waals surface area contributed by atoms with E-state index in [2.05, 4.69) is 6.92 Å². The van der Waals surface area contributed by atoms with Crippen LogP contribution in [0.3, 0.4) is 0 Å². The molecule has 0 aromatic carbocycles. The zero-order valence-electron chi connectivity index (χ0n) is 18.3. The van der Waals surface area contributed by atoms with Crippen LogP contribution in [0.1, 0.15) is 123 Å². The second-order valence-electron chi connectivity index (χ2n) is 7.81. The summed E-state index contributed by atoms with van der Waals surface area (Å²) in [7, 11) is -4.25. The molecule has 2 unspecified atom stereocenters. The normalized spacial score (nSPS) is 13.9. The molecule has 158 valence electrons. The van der Waals surface area contributed by atoms with Gasteiger partial charge in [0.05, 0.1) is 16.2 Å². The van der Waals surface area contributed by atoms with Crippen LogP contribution in [0.5, 0.6) is 0 Å². The van der Waals surface area contributed by atoms with Crippen molar-refractivity contribution in [1.29, 1.82) is 0 Å². The van der Waals surface area contributed by atoms with E-state index in [1.165, 1.54) is 57.8 Å². The van der Waals surface area contributed by atoms with E-state index in [-0.39, 0.29) is 29.6 Å². The van der Waals surface area contributed by atoms with Crippen LogP contribution in [0.4, 0.5) is 0 Å². The van der Waals surface area contributed by atoms with Crippen molar-refractivity contribution < 1.29 is 47.6 Å². The first-order valence-electron chi connectivity index (χ1n) is 11.0. The molecule has 6 heteroatoms. The SMILES string of the molecule is CCCCCCCCCCCCCCC(CCC(O)CCC)S(=O)(=O)[O-].[Na+]. The van der Waals surface area contributed by atoms with Gasteiger partial charge < -0.3 is 9.66 Å². The Morgan fingerprint density at radius 1 is 0.667 bits per heavy atom. The van der Waals surface area contributed by atoms with Gasteiger partial charge in [-0.2, -0.15) is 0 Å². The van der Waals surface area contributed by atoms with Crippen LogP contribution >= 0.6 is 0 Å². The molecule has 0 aromatic heterocycles. The summed E-state index contributed by atoms with van der Waals surface area (Å²) in [6.07, 6.45) is 17.0. The van der Waals surface area contributed by atoms with E-state index in [0.29, 0.717) is 25.7 Å². The third kappa shape index (κ3) is 19.9. The monoisotopic (exact) mass is 414 g/mol. The van der Waals surface area contributed by atoms with Crippen LogP contribution < -0.4 is 29.6 Å². The maximum atomic E-state index is 11.4. The van der Waals surface area contributed by atoms with E-state index in [1.807, 2.05) is 6.92 Å². The van der Waals surface area contributed by atoms with Gasteiger partial charge in [-0.05, 0) is 25.7 Å². The topological polar surface area (TPSA) is 77.4 Å². The van der Waals surface area contributed by atoms with Gasteiger partial charge in [-0.3, -0.25) is 0 Å². The van der Waals surface area contributed by atoms with Crippen molar-refractivity contribution >= 4 is 10.1 Å². The van der Waals surface area contributed by atoms with Crippen molar-refractivity contribution in [2.24, 2.45) is 0 Å². The zero-order valence-corrected chi connectivity index (χ0v) is 21.1. The summed E-state index contributed by atoms with van der Waals surface area (Å²) in [5.41, 5.74) is 0. The molecule has 0 spiro atoms. The molecule has 0 aliphatic carbocycles. The summed E-state index contributed by atoms with van der Waals surface area (Å²) in [4.78, 5) is 0. The Hall–Kier alpha value is 0.870. The Balaban J connectivity index is 0. The fourth-order valence-electron chi connectivity index (χ4n) is 3.50. The molecule has 0 bridgehead atoms. The van der Waals surface area contributed by atoms with Crippen LogP contribution in [-0.4, -0.2) is 29.4 Å². The summed E-state index contributed by atoms with van der Waals surface area (Å²) < 4.78 is 34.2. The molecule has 27 heavy (non-hydrogen) atoms. The van der Waals surface area contributed by atoms with Gasteiger partial charge in [0.25, 0.3) is 0 Å².